The van der Waals surface area contributed by atoms with Crippen LogP contribution in [0.15, 0.2) is 62.8 Å². The standard InChI is InChI=1S/C24H26BrF2N2O9PS/c1-14(2)36-23(31)37-15(3)38-39(32,33)24(26,27)19-10-5-16(11-20(19)25)13-29-21(12-28-22(29)30)17-6-8-18(9-7-17)40(4,34)35/h5-12,14-15H,13H2,1-4H3,(H,28,30)(H,32,33). The minimum atomic E-state index is -5.73. The molecule has 2 N–H and O–H groups in total. The van der Waals surface area contributed by atoms with Crippen LogP contribution in [0.2, 0.25) is 0 Å². The summed E-state index contributed by atoms with van der Waals surface area (Å²) in [6.45, 7) is 3.95. The summed E-state index contributed by atoms with van der Waals surface area (Å²) in [7, 11) is -9.15. The Kier molecular flexibility index (Phi) is 9.47. The number of H-pyrrole nitrogens is 1. The van der Waals surface area contributed by atoms with Crippen LogP contribution in [0.3, 0.4) is 0 Å². The molecule has 0 saturated carbocycles. The minimum absolute atomic E-state index is 0.0773. The van der Waals surface area contributed by atoms with Crippen LogP contribution in [0.4, 0.5) is 13.6 Å². The molecule has 0 aliphatic rings. The van der Waals surface area contributed by atoms with Crippen molar-refractivity contribution >= 4 is 39.5 Å². The van der Waals surface area contributed by atoms with E-state index in [1.54, 1.807) is 0 Å². The topological polar surface area (TPSA) is 154 Å². The van der Waals surface area contributed by atoms with Crippen LogP contribution in [-0.2, 0) is 40.6 Å². The van der Waals surface area contributed by atoms with Gasteiger partial charge in [-0.3, -0.25) is 13.7 Å². The molecule has 0 aliphatic carbocycles. The van der Waals surface area contributed by atoms with E-state index in [0.717, 1.165) is 19.2 Å². The number of carbonyl (C=O) groups is 1. The highest BCUT2D eigenvalue weighted by atomic mass is 79.9. The summed E-state index contributed by atoms with van der Waals surface area (Å²) in [5.74, 6) is 0. The van der Waals surface area contributed by atoms with Gasteiger partial charge in [0.15, 0.2) is 9.84 Å². The van der Waals surface area contributed by atoms with Crippen molar-refractivity contribution in [3.8, 4) is 11.3 Å². The van der Waals surface area contributed by atoms with Crippen LogP contribution in [-0.4, -0.2) is 47.7 Å². The Labute approximate surface area is 236 Å². The van der Waals surface area contributed by atoms with E-state index in [-0.39, 0.29) is 15.9 Å². The van der Waals surface area contributed by atoms with Gasteiger partial charge < -0.3 is 19.4 Å². The Hall–Kier alpha value is -2.84. The molecule has 0 radical (unpaired) electrons. The third-order valence-electron chi connectivity index (χ3n) is 5.39. The minimum Gasteiger partial charge on any atom is -0.432 e. The number of aromatic amines is 1. The van der Waals surface area contributed by atoms with Crippen molar-refractivity contribution in [2.24, 2.45) is 0 Å². The number of carbonyl (C=O) groups excluding carboxylic acids is 1. The van der Waals surface area contributed by atoms with E-state index in [1.807, 2.05) is 0 Å². The Morgan fingerprint density at radius 1 is 1.15 bits per heavy atom. The molecule has 0 spiro atoms. The van der Waals surface area contributed by atoms with E-state index < -0.39 is 52.9 Å². The fourth-order valence-electron chi connectivity index (χ4n) is 3.54. The quantitative estimate of drug-likeness (QED) is 0.168. The van der Waals surface area contributed by atoms with Crippen LogP contribution in [0.1, 0.15) is 31.9 Å². The number of hydrogen-bond acceptors (Lipinski definition) is 8. The molecular weight excluding hydrogens is 641 g/mol. The number of imidazole rings is 1. The first-order valence-corrected chi connectivity index (χ1v) is 15.8. The predicted molar refractivity (Wildman–Crippen MR) is 144 cm³/mol. The Morgan fingerprint density at radius 3 is 2.33 bits per heavy atom. The summed E-state index contributed by atoms with van der Waals surface area (Å²) < 4.78 is 81.1. The second kappa shape index (κ2) is 12.0. The van der Waals surface area contributed by atoms with Crippen molar-refractivity contribution in [1.82, 2.24) is 9.55 Å². The number of sulfone groups is 1. The zero-order chi connectivity index (χ0) is 30.0. The van der Waals surface area contributed by atoms with Gasteiger partial charge in [-0.05, 0) is 50.1 Å². The molecule has 218 valence electrons. The fourth-order valence-corrected chi connectivity index (χ4v) is 6.08. The molecule has 0 fully saturated rings. The summed E-state index contributed by atoms with van der Waals surface area (Å²) in [4.78, 5) is 36.7. The molecule has 16 heteroatoms. The summed E-state index contributed by atoms with van der Waals surface area (Å²) in [5, 5.41) is 0. The first-order chi connectivity index (χ1) is 18.4. The van der Waals surface area contributed by atoms with Crippen molar-refractivity contribution < 1.29 is 45.4 Å². The van der Waals surface area contributed by atoms with E-state index in [4.69, 9.17) is 0 Å². The summed E-state index contributed by atoms with van der Waals surface area (Å²) in [5.41, 5.74) is -4.48. The van der Waals surface area contributed by atoms with Gasteiger partial charge >= 0.3 is 25.1 Å². The lowest BCUT2D eigenvalue weighted by Gasteiger charge is -2.26. The maximum Gasteiger partial charge on any atom is 0.510 e. The van der Waals surface area contributed by atoms with Gasteiger partial charge in [-0.1, -0.05) is 40.2 Å². The van der Waals surface area contributed by atoms with Gasteiger partial charge in [0.2, 0.25) is 6.29 Å². The van der Waals surface area contributed by atoms with E-state index in [0.29, 0.717) is 16.8 Å². The maximum absolute atomic E-state index is 15.1. The Bertz CT molecular complexity index is 1600. The zero-order valence-electron chi connectivity index (χ0n) is 21.6. The number of halogens is 3. The van der Waals surface area contributed by atoms with Crippen LogP contribution in [0, 0.1) is 0 Å². The first kappa shape index (κ1) is 31.7. The predicted octanol–water partition coefficient (Wildman–Crippen LogP) is 5.22. The van der Waals surface area contributed by atoms with Crippen molar-refractivity contribution in [2.45, 2.75) is 50.3 Å². The number of aromatic nitrogens is 2. The van der Waals surface area contributed by atoms with Gasteiger partial charge in [-0.25, -0.2) is 18.0 Å². The van der Waals surface area contributed by atoms with E-state index in [1.165, 1.54) is 61.0 Å². The largest absolute Gasteiger partial charge is 0.510 e. The summed E-state index contributed by atoms with van der Waals surface area (Å²) in [6.07, 6.45) is -1.16. The average Bonchev–Trinajstić information content (AvgIpc) is 3.17. The molecule has 2 atom stereocenters. The number of benzene rings is 2. The Balaban J connectivity index is 1.83. The van der Waals surface area contributed by atoms with Gasteiger partial charge in [0.05, 0.1) is 23.2 Å². The van der Waals surface area contributed by atoms with Crippen molar-refractivity contribution in [2.75, 3.05) is 6.26 Å². The number of ether oxygens (including phenoxy) is 2. The van der Waals surface area contributed by atoms with Gasteiger partial charge in [0.25, 0.3) is 0 Å². The molecule has 0 bridgehead atoms. The third-order valence-corrected chi connectivity index (χ3v) is 8.70. The van der Waals surface area contributed by atoms with Crippen LogP contribution in [0.25, 0.3) is 11.3 Å². The van der Waals surface area contributed by atoms with E-state index >= 15 is 8.78 Å². The molecule has 40 heavy (non-hydrogen) atoms. The lowest BCUT2D eigenvalue weighted by molar-refractivity contribution is -0.0766. The molecule has 2 unspecified atom stereocenters. The molecule has 0 aliphatic heterocycles. The lowest BCUT2D eigenvalue weighted by Crippen LogP contribution is -2.24. The van der Waals surface area contributed by atoms with Crippen LogP contribution in [0.5, 0.6) is 0 Å². The molecular formula is C24H26BrF2N2O9PS. The fraction of sp³-hybridized carbons (Fsp3) is 0.333. The monoisotopic (exact) mass is 666 g/mol. The number of nitrogens with one attached hydrogen (secondary N) is 1. The van der Waals surface area contributed by atoms with Gasteiger partial charge in [0, 0.05) is 22.5 Å². The second-order valence-corrected chi connectivity index (χ2v) is 13.6. The summed E-state index contributed by atoms with van der Waals surface area (Å²) >= 11 is 3.00. The maximum atomic E-state index is 15.1. The SMILES string of the molecule is CC(C)OC(=O)OC(C)OP(=O)(O)C(F)(F)c1ccc(Cn2c(-c3ccc(S(C)(=O)=O)cc3)c[nH]c2=O)cc1Br. The Morgan fingerprint density at radius 2 is 1.77 bits per heavy atom. The molecule has 0 saturated heterocycles. The number of hydrogen-bond donors (Lipinski definition) is 2. The highest BCUT2D eigenvalue weighted by Gasteiger charge is 2.55. The van der Waals surface area contributed by atoms with Gasteiger partial charge in [0.1, 0.15) is 0 Å². The van der Waals surface area contributed by atoms with E-state index in [2.05, 4.69) is 34.9 Å². The number of rotatable bonds is 10. The molecule has 3 rings (SSSR count). The second-order valence-electron chi connectivity index (χ2n) is 8.95. The van der Waals surface area contributed by atoms with E-state index in [9.17, 15) is 27.5 Å². The lowest BCUT2D eigenvalue weighted by atomic mass is 10.1. The summed E-state index contributed by atoms with van der Waals surface area (Å²) in [6, 6.07) is 9.25. The van der Waals surface area contributed by atoms with Gasteiger partial charge in [-0.15, -0.1) is 0 Å². The molecule has 1 aromatic heterocycles. The van der Waals surface area contributed by atoms with Crippen molar-refractivity contribution in [3.05, 3.63) is 74.7 Å². The van der Waals surface area contributed by atoms with Crippen molar-refractivity contribution in [3.63, 3.8) is 0 Å². The molecule has 2 aromatic carbocycles. The highest BCUT2D eigenvalue weighted by molar-refractivity contribution is 9.10. The number of alkyl halides is 2. The van der Waals surface area contributed by atoms with Crippen molar-refractivity contribution in [1.29, 1.82) is 0 Å². The smallest absolute Gasteiger partial charge is 0.432 e. The molecule has 11 nitrogen and oxygen atoms in total. The zero-order valence-corrected chi connectivity index (χ0v) is 24.9. The van der Waals surface area contributed by atoms with Crippen LogP contribution >= 0.6 is 23.5 Å². The normalized spacial score (nSPS) is 14.5. The third kappa shape index (κ3) is 7.26. The molecule has 0 amide bonds. The average molecular weight is 667 g/mol. The molecule has 3 aromatic rings. The molecule has 1 heterocycles. The first-order valence-electron chi connectivity index (χ1n) is 11.6. The highest BCUT2D eigenvalue weighted by Crippen LogP contribution is 2.64. The number of nitrogens with zero attached hydrogens (tertiary/aromatic N) is 1. The van der Waals surface area contributed by atoms with Crippen LogP contribution < -0.4 is 5.69 Å². The van der Waals surface area contributed by atoms with Gasteiger partial charge in [-0.2, -0.15) is 8.78 Å².